The molecule has 1 aromatic carbocycles. The van der Waals surface area contributed by atoms with Gasteiger partial charge in [0.15, 0.2) is 5.82 Å². The minimum absolute atomic E-state index is 0.206. The van der Waals surface area contributed by atoms with Gasteiger partial charge >= 0.3 is 0 Å². The number of rotatable bonds is 3. The Labute approximate surface area is 120 Å². The van der Waals surface area contributed by atoms with Crippen molar-refractivity contribution in [3.63, 3.8) is 0 Å². The van der Waals surface area contributed by atoms with Crippen LogP contribution in [0.4, 0.5) is 10.3 Å². The standard InChI is InChI=1S/C13H16FN7/c1-13(2,3)21-19-11(18-20-21)7-15-12-16-9-5-4-8(14)6-10(9)17-12/h4-6H,7H2,1-3H3,(H2,15,16,17). The predicted molar refractivity (Wildman–Crippen MR) is 76.2 cm³/mol. The van der Waals surface area contributed by atoms with E-state index in [1.54, 1.807) is 10.9 Å². The molecular formula is C13H16FN7. The minimum Gasteiger partial charge on any atom is -0.348 e. The number of hydrogen-bond acceptors (Lipinski definition) is 5. The van der Waals surface area contributed by atoms with Crippen LogP contribution in [0.3, 0.4) is 0 Å². The molecule has 0 unspecified atom stereocenters. The molecule has 0 saturated heterocycles. The molecular weight excluding hydrogens is 273 g/mol. The van der Waals surface area contributed by atoms with Crippen molar-refractivity contribution in [3.05, 3.63) is 29.8 Å². The van der Waals surface area contributed by atoms with Gasteiger partial charge in [-0.3, -0.25) is 0 Å². The van der Waals surface area contributed by atoms with Gasteiger partial charge in [0.1, 0.15) is 5.82 Å². The number of nitrogens with zero attached hydrogens (tertiary/aromatic N) is 5. The van der Waals surface area contributed by atoms with Crippen molar-refractivity contribution in [1.29, 1.82) is 0 Å². The summed E-state index contributed by atoms with van der Waals surface area (Å²) in [5, 5.41) is 15.4. The zero-order valence-corrected chi connectivity index (χ0v) is 12.1. The maximum Gasteiger partial charge on any atom is 0.201 e. The van der Waals surface area contributed by atoms with Gasteiger partial charge in [-0.1, -0.05) is 0 Å². The Morgan fingerprint density at radius 3 is 2.86 bits per heavy atom. The molecule has 3 aromatic rings. The maximum atomic E-state index is 13.1. The average Bonchev–Trinajstić information content (AvgIpc) is 3.01. The Bertz CT molecular complexity index is 768. The fraction of sp³-hybridized carbons (Fsp3) is 0.385. The third-order valence-corrected chi connectivity index (χ3v) is 2.91. The molecule has 110 valence electrons. The van der Waals surface area contributed by atoms with Gasteiger partial charge in [-0.2, -0.15) is 4.80 Å². The van der Waals surface area contributed by atoms with Gasteiger partial charge in [0, 0.05) is 0 Å². The van der Waals surface area contributed by atoms with Gasteiger partial charge in [0.25, 0.3) is 0 Å². The monoisotopic (exact) mass is 289 g/mol. The number of imidazole rings is 1. The molecule has 0 radical (unpaired) electrons. The number of fused-ring (bicyclic) bond motifs is 1. The van der Waals surface area contributed by atoms with Gasteiger partial charge in [0.2, 0.25) is 5.95 Å². The normalized spacial score (nSPS) is 12.0. The van der Waals surface area contributed by atoms with Crippen LogP contribution >= 0.6 is 0 Å². The van der Waals surface area contributed by atoms with E-state index in [1.807, 2.05) is 20.8 Å². The average molecular weight is 289 g/mol. The summed E-state index contributed by atoms with van der Waals surface area (Å²) in [5.41, 5.74) is 1.14. The van der Waals surface area contributed by atoms with Crippen molar-refractivity contribution < 1.29 is 4.39 Å². The van der Waals surface area contributed by atoms with Crippen molar-refractivity contribution in [1.82, 2.24) is 30.2 Å². The first-order chi connectivity index (χ1) is 9.91. The van der Waals surface area contributed by atoms with E-state index in [-0.39, 0.29) is 11.4 Å². The van der Waals surface area contributed by atoms with Crippen LogP contribution in [0.15, 0.2) is 18.2 Å². The maximum absolute atomic E-state index is 13.1. The molecule has 8 heteroatoms. The molecule has 0 aliphatic carbocycles. The quantitative estimate of drug-likeness (QED) is 0.771. The molecule has 2 aromatic heterocycles. The Balaban J connectivity index is 1.73. The molecule has 2 N–H and O–H groups in total. The van der Waals surface area contributed by atoms with Crippen LogP contribution in [0.25, 0.3) is 11.0 Å². The van der Waals surface area contributed by atoms with E-state index in [9.17, 15) is 4.39 Å². The van der Waals surface area contributed by atoms with Crippen molar-refractivity contribution in [2.24, 2.45) is 0 Å². The smallest absolute Gasteiger partial charge is 0.201 e. The number of halogens is 1. The Kier molecular flexibility index (Phi) is 3.08. The molecule has 0 aliphatic heterocycles. The van der Waals surface area contributed by atoms with Crippen molar-refractivity contribution in [2.75, 3.05) is 5.32 Å². The van der Waals surface area contributed by atoms with Gasteiger partial charge in [0.05, 0.1) is 23.1 Å². The van der Waals surface area contributed by atoms with Gasteiger partial charge in [-0.25, -0.2) is 9.37 Å². The molecule has 0 fully saturated rings. The van der Waals surface area contributed by atoms with E-state index in [4.69, 9.17) is 0 Å². The first kappa shape index (κ1) is 13.5. The van der Waals surface area contributed by atoms with E-state index in [0.717, 1.165) is 0 Å². The Morgan fingerprint density at radius 1 is 1.33 bits per heavy atom. The summed E-state index contributed by atoms with van der Waals surface area (Å²) in [6.07, 6.45) is 0. The van der Waals surface area contributed by atoms with Crippen LogP contribution in [-0.2, 0) is 12.1 Å². The molecule has 3 rings (SSSR count). The third kappa shape index (κ3) is 2.83. The molecule has 0 spiro atoms. The van der Waals surface area contributed by atoms with Crippen LogP contribution in [0.2, 0.25) is 0 Å². The number of nitrogens with one attached hydrogen (secondary N) is 2. The lowest BCUT2D eigenvalue weighted by Gasteiger charge is -2.15. The lowest BCUT2D eigenvalue weighted by atomic mass is 10.1. The van der Waals surface area contributed by atoms with E-state index >= 15 is 0 Å². The van der Waals surface area contributed by atoms with E-state index in [1.165, 1.54) is 12.1 Å². The molecule has 0 amide bonds. The molecule has 7 nitrogen and oxygen atoms in total. The van der Waals surface area contributed by atoms with Crippen molar-refractivity contribution in [2.45, 2.75) is 32.9 Å². The second kappa shape index (κ2) is 4.80. The molecule has 2 heterocycles. The minimum atomic E-state index is -0.299. The summed E-state index contributed by atoms with van der Waals surface area (Å²) in [6.45, 7) is 6.39. The summed E-state index contributed by atoms with van der Waals surface area (Å²) in [4.78, 5) is 8.87. The fourth-order valence-electron chi connectivity index (χ4n) is 1.83. The number of tetrazole rings is 1. The predicted octanol–water partition coefficient (Wildman–Crippen LogP) is 2.06. The number of aromatic amines is 1. The van der Waals surface area contributed by atoms with Crippen LogP contribution in [0.5, 0.6) is 0 Å². The molecule has 21 heavy (non-hydrogen) atoms. The van der Waals surface area contributed by atoms with Crippen molar-refractivity contribution in [3.8, 4) is 0 Å². The highest BCUT2D eigenvalue weighted by molar-refractivity contribution is 5.77. The number of benzene rings is 1. The van der Waals surface area contributed by atoms with Crippen LogP contribution < -0.4 is 5.32 Å². The van der Waals surface area contributed by atoms with Gasteiger partial charge in [-0.05, 0) is 44.2 Å². The van der Waals surface area contributed by atoms with E-state index < -0.39 is 0 Å². The largest absolute Gasteiger partial charge is 0.348 e. The van der Waals surface area contributed by atoms with Gasteiger partial charge < -0.3 is 10.3 Å². The zero-order chi connectivity index (χ0) is 15.0. The first-order valence-corrected chi connectivity index (χ1v) is 6.60. The molecule has 0 bridgehead atoms. The van der Waals surface area contributed by atoms with E-state index in [2.05, 4.69) is 30.7 Å². The first-order valence-electron chi connectivity index (χ1n) is 6.60. The van der Waals surface area contributed by atoms with Crippen LogP contribution in [0.1, 0.15) is 26.6 Å². The highest BCUT2D eigenvalue weighted by Gasteiger charge is 2.16. The summed E-state index contributed by atoms with van der Waals surface area (Å²) >= 11 is 0. The fourth-order valence-corrected chi connectivity index (χ4v) is 1.83. The topological polar surface area (TPSA) is 84.3 Å². The second-order valence-electron chi connectivity index (χ2n) is 5.77. The van der Waals surface area contributed by atoms with Crippen molar-refractivity contribution >= 4 is 17.0 Å². The number of H-pyrrole nitrogens is 1. The summed E-state index contributed by atoms with van der Waals surface area (Å²) < 4.78 is 13.1. The second-order valence-corrected chi connectivity index (χ2v) is 5.77. The number of hydrogen-bond donors (Lipinski definition) is 2. The zero-order valence-electron chi connectivity index (χ0n) is 12.1. The lowest BCUT2D eigenvalue weighted by molar-refractivity contribution is 0.305. The molecule has 0 atom stereocenters. The highest BCUT2D eigenvalue weighted by Crippen LogP contribution is 2.15. The SMILES string of the molecule is CC(C)(C)n1nnc(CNc2nc3ccc(F)cc3[nH]2)n1. The molecule has 0 aliphatic rings. The third-order valence-electron chi connectivity index (χ3n) is 2.91. The Morgan fingerprint density at radius 2 is 2.14 bits per heavy atom. The van der Waals surface area contributed by atoms with Crippen LogP contribution in [-0.4, -0.2) is 30.2 Å². The summed E-state index contributed by atoms with van der Waals surface area (Å²) in [6, 6.07) is 4.41. The van der Waals surface area contributed by atoms with E-state index in [0.29, 0.717) is 29.4 Å². The number of anilines is 1. The summed E-state index contributed by atoms with van der Waals surface area (Å²) in [5.74, 6) is 0.812. The molecule has 0 saturated carbocycles. The number of aromatic nitrogens is 6. The highest BCUT2D eigenvalue weighted by atomic mass is 19.1. The van der Waals surface area contributed by atoms with Crippen LogP contribution in [0, 0.1) is 5.82 Å². The Hall–Kier alpha value is -2.51. The van der Waals surface area contributed by atoms with Gasteiger partial charge in [-0.15, -0.1) is 10.2 Å². The summed E-state index contributed by atoms with van der Waals surface area (Å²) in [7, 11) is 0. The lowest BCUT2D eigenvalue weighted by Crippen LogP contribution is -2.24.